The SMILES string of the molecule is Cc1oncc1C(=O)Nc1ccc(NC(=O)[C@H]2CNC[C@@H]2c2cnn(C)c2)cc1. The van der Waals surface area contributed by atoms with E-state index < -0.39 is 0 Å². The Balaban J connectivity index is 1.39. The molecule has 3 aromatic rings. The molecule has 4 rings (SSSR count). The number of nitrogens with zero attached hydrogens (tertiary/aromatic N) is 3. The fourth-order valence-electron chi connectivity index (χ4n) is 3.52. The van der Waals surface area contributed by atoms with Gasteiger partial charge in [-0.05, 0) is 36.8 Å². The van der Waals surface area contributed by atoms with Gasteiger partial charge in [-0.2, -0.15) is 5.10 Å². The van der Waals surface area contributed by atoms with Crippen LogP contribution >= 0.6 is 0 Å². The van der Waals surface area contributed by atoms with E-state index in [2.05, 4.69) is 26.2 Å². The summed E-state index contributed by atoms with van der Waals surface area (Å²) in [5.41, 5.74) is 2.73. The quantitative estimate of drug-likeness (QED) is 0.609. The first-order valence-electron chi connectivity index (χ1n) is 9.34. The van der Waals surface area contributed by atoms with Gasteiger partial charge in [-0.15, -0.1) is 0 Å². The number of amides is 2. The minimum Gasteiger partial charge on any atom is -0.361 e. The van der Waals surface area contributed by atoms with Crippen molar-refractivity contribution >= 4 is 23.2 Å². The molecule has 0 radical (unpaired) electrons. The number of nitrogens with one attached hydrogen (secondary N) is 3. The van der Waals surface area contributed by atoms with E-state index in [1.54, 1.807) is 35.9 Å². The zero-order valence-electron chi connectivity index (χ0n) is 16.2. The lowest BCUT2D eigenvalue weighted by Crippen LogP contribution is -2.28. The summed E-state index contributed by atoms with van der Waals surface area (Å²) >= 11 is 0. The Hall–Kier alpha value is -3.46. The predicted molar refractivity (Wildman–Crippen MR) is 107 cm³/mol. The smallest absolute Gasteiger partial charge is 0.260 e. The number of carbonyl (C=O) groups is 2. The van der Waals surface area contributed by atoms with Crippen molar-refractivity contribution in [2.75, 3.05) is 23.7 Å². The predicted octanol–water partition coefficient (Wildman–Crippen LogP) is 1.91. The zero-order chi connectivity index (χ0) is 20.4. The molecule has 0 aliphatic carbocycles. The first kappa shape index (κ1) is 18.9. The Labute approximate surface area is 167 Å². The fraction of sp³-hybridized carbons (Fsp3) is 0.300. The summed E-state index contributed by atoms with van der Waals surface area (Å²) in [7, 11) is 1.87. The lowest BCUT2D eigenvalue weighted by Gasteiger charge is -2.17. The van der Waals surface area contributed by atoms with Gasteiger partial charge in [0.15, 0.2) is 0 Å². The molecule has 0 unspecified atom stereocenters. The van der Waals surface area contributed by atoms with E-state index >= 15 is 0 Å². The number of anilines is 2. The number of benzene rings is 1. The van der Waals surface area contributed by atoms with Gasteiger partial charge >= 0.3 is 0 Å². The third-order valence-corrected chi connectivity index (χ3v) is 5.11. The molecular weight excluding hydrogens is 372 g/mol. The van der Waals surface area contributed by atoms with Gasteiger partial charge in [0.05, 0.1) is 18.3 Å². The Morgan fingerprint density at radius 2 is 1.86 bits per heavy atom. The van der Waals surface area contributed by atoms with Gasteiger partial charge in [0.1, 0.15) is 11.3 Å². The molecule has 1 fully saturated rings. The van der Waals surface area contributed by atoms with Crippen LogP contribution in [0.5, 0.6) is 0 Å². The third-order valence-electron chi connectivity index (χ3n) is 5.11. The van der Waals surface area contributed by atoms with Crippen molar-refractivity contribution in [3.8, 4) is 0 Å². The van der Waals surface area contributed by atoms with Crippen LogP contribution in [0.25, 0.3) is 0 Å². The molecular formula is C20H22N6O3. The monoisotopic (exact) mass is 394 g/mol. The van der Waals surface area contributed by atoms with Crippen LogP contribution in [0, 0.1) is 12.8 Å². The summed E-state index contributed by atoms with van der Waals surface area (Å²) in [5, 5.41) is 16.8. The number of carbonyl (C=O) groups excluding carboxylic acids is 2. The Bertz CT molecular complexity index is 1020. The molecule has 150 valence electrons. The topological polar surface area (TPSA) is 114 Å². The number of hydrogen-bond donors (Lipinski definition) is 3. The van der Waals surface area contributed by atoms with Gasteiger partial charge in [-0.3, -0.25) is 14.3 Å². The van der Waals surface area contributed by atoms with E-state index in [4.69, 9.17) is 4.52 Å². The van der Waals surface area contributed by atoms with E-state index in [1.165, 1.54) is 6.20 Å². The normalized spacial score (nSPS) is 18.6. The van der Waals surface area contributed by atoms with Gasteiger partial charge in [0.25, 0.3) is 5.91 Å². The minimum absolute atomic E-state index is 0.0410. The summed E-state index contributed by atoms with van der Waals surface area (Å²) in [6.45, 7) is 3.05. The third kappa shape index (κ3) is 4.04. The Morgan fingerprint density at radius 3 is 2.48 bits per heavy atom. The van der Waals surface area contributed by atoms with Gasteiger partial charge in [-0.1, -0.05) is 5.16 Å². The molecule has 0 saturated carbocycles. The first-order chi connectivity index (χ1) is 14.0. The molecule has 1 aliphatic rings. The van der Waals surface area contributed by atoms with Gasteiger partial charge < -0.3 is 20.5 Å². The van der Waals surface area contributed by atoms with Gasteiger partial charge in [-0.25, -0.2) is 0 Å². The van der Waals surface area contributed by atoms with E-state index in [0.29, 0.717) is 29.2 Å². The standard InChI is InChI=1S/C20H22N6O3/c1-12-16(10-23-29-12)19(27)24-14-3-5-15(6-4-14)25-20(28)18-9-21-8-17(18)13-7-22-26(2)11-13/h3-7,10-11,17-18,21H,8-9H2,1-2H3,(H,24,27)(H,25,28)/t17-,18+/m1/s1. The van der Waals surface area contributed by atoms with Crippen LogP contribution in [-0.2, 0) is 11.8 Å². The number of aryl methyl sites for hydroxylation is 2. The minimum atomic E-state index is -0.295. The highest BCUT2D eigenvalue weighted by Crippen LogP contribution is 2.29. The van der Waals surface area contributed by atoms with Crippen LogP contribution in [0.1, 0.15) is 27.6 Å². The summed E-state index contributed by atoms with van der Waals surface area (Å²) in [5.74, 6) is 0.0431. The maximum Gasteiger partial charge on any atom is 0.260 e. The van der Waals surface area contributed by atoms with Crippen LogP contribution in [0.2, 0.25) is 0 Å². The average Bonchev–Trinajstić information content (AvgIpc) is 3.43. The van der Waals surface area contributed by atoms with Crippen molar-refractivity contribution < 1.29 is 14.1 Å². The van der Waals surface area contributed by atoms with E-state index in [1.807, 2.05) is 19.4 Å². The highest BCUT2D eigenvalue weighted by atomic mass is 16.5. The molecule has 2 amide bonds. The van der Waals surface area contributed by atoms with Crippen LogP contribution in [0.15, 0.2) is 47.4 Å². The second-order valence-electron chi connectivity index (χ2n) is 7.13. The molecule has 3 heterocycles. The molecule has 1 aromatic carbocycles. The number of rotatable bonds is 5. The molecule has 2 aromatic heterocycles. The lowest BCUT2D eigenvalue weighted by molar-refractivity contribution is -0.119. The van der Waals surface area contributed by atoms with Crippen molar-refractivity contribution in [2.24, 2.45) is 13.0 Å². The first-order valence-corrected chi connectivity index (χ1v) is 9.34. The van der Waals surface area contributed by atoms with Gasteiger partial charge in [0.2, 0.25) is 5.91 Å². The van der Waals surface area contributed by atoms with E-state index in [9.17, 15) is 9.59 Å². The van der Waals surface area contributed by atoms with Crippen molar-refractivity contribution in [3.05, 3.63) is 59.7 Å². The zero-order valence-corrected chi connectivity index (χ0v) is 16.2. The van der Waals surface area contributed by atoms with Crippen LogP contribution in [0.4, 0.5) is 11.4 Å². The lowest BCUT2D eigenvalue weighted by atomic mass is 9.90. The Kier molecular flexibility index (Phi) is 5.13. The molecule has 9 heteroatoms. The largest absolute Gasteiger partial charge is 0.361 e. The highest BCUT2D eigenvalue weighted by molar-refractivity contribution is 6.04. The average molecular weight is 394 g/mol. The molecule has 2 atom stereocenters. The van der Waals surface area contributed by atoms with Crippen LogP contribution in [0.3, 0.4) is 0 Å². The fourth-order valence-corrected chi connectivity index (χ4v) is 3.52. The molecule has 1 saturated heterocycles. The Morgan fingerprint density at radius 1 is 1.14 bits per heavy atom. The van der Waals surface area contributed by atoms with E-state index in [0.717, 1.165) is 12.1 Å². The summed E-state index contributed by atoms with van der Waals surface area (Å²) < 4.78 is 6.65. The van der Waals surface area contributed by atoms with Crippen LogP contribution in [-0.4, -0.2) is 39.8 Å². The number of hydrogen-bond acceptors (Lipinski definition) is 6. The highest BCUT2D eigenvalue weighted by Gasteiger charge is 2.34. The van der Waals surface area contributed by atoms with Gasteiger partial charge in [0, 0.05) is 43.6 Å². The van der Waals surface area contributed by atoms with Crippen molar-refractivity contribution in [3.63, 3.8) is 0 Å². The molecule has 9 nitrogen and oxygen atoms in total. The maximum absolute atomic E-state index is 12.8. The number of aromatic nitrogens is 3. The molecule has 0 spiro atoms. The molecule has 3 N–H and O–H groups in total. The molecule has 29 heavy (non-hydrogen) atoms. The van der Waals surface area contributed by atoms with E-state index in [-0.39, 0.29) is 23.7 Å². The van der Waals surface area contributed by atoms with Crippen molar-refractivity contribution in [1.29, 1.82) is 0 Å². The van der Waals surface area contributed by atoms with Crippen molar-refractivity contribution in [1.82, 2.24) is 20.3 Å². The second kappa shape index (κ2) is 7.88. The maximum atomic E-state index is 12.8. The molecule has 0 bridgehead atoms. The summed E-state index contributed by atoms with van der Waals surface area (Å²) in [6.07, 6.45) is 5.15. The van der Waals surface area contributed by atoms with Crippen molar-refractivity contribution in [2.45, 2.75) is 12.8 Å². The molecule has 1 aliphatic heterocycles. The summed E-state index contributed by atoms with van der Waals surface area (Å²) in [6, 6.07) is 6.99. The van der Waals surface area contributed by atoms with Crippen LogP contribution < -0.4 is 16.0 Å². The second-order valence-corrected chi connectivity index (χ2v) is 7.13. The summed E-state index contributed by atoms with van der Waals surface area (Å²) in [4.78, 5) is 25.0.